The van der Waals surface area contributed by atoms with Gasteiger partial charge >= 0.3 is 0 Å². The molecule has 7 heteroatoms. The summed E-state index contributed by atoms with van der Waals surface area (Å²) in [6, 6.07) is 32.0. The fourth-order valence-electron chi connectivity index (χ4n) is 5.44. The maximum Gasteiger partial charge on any atom is 0.253 e. The van der Waals surface area contributed by atoms with Crippen LogP contribution in [-0.4, -0.2) is 39.9 Å². The van der Waals surface area contributed by atoms with E-state index in [0.29, 0.717) is 23.1 Å². The van der Waals surface area contributed by atoms with Crippen molar-refractivity contribution in [2.45, 2.75) is 24.8 Å². The van der Waals surface area contributed by atoms with Crippen LogP contribution >= 0.6 is 23.2 Å². The zero-order valence-corrected chi connectivity index (χ0v) is 23.3. The number of hydrogen-bond acceptors (Lipinski definition) is 4. The minimum Gasteiger partial charge on any atom is -0.367 e. The highest BCUT2D eigenvalue weighted by atomic mass is 35.5. The number of carbonyl (C=O) groups is 1. The van der Waals surface area contributed by atoms with E-state index in [1.807, 2.05) is 59.5 Å². The van der Waals surface area contributed by atoms with Crippen molar-refractivity contribution in [1.82, 2.24) is 14.9 Å². The summed E-state index contributed by atoms with van der Waals surface area (Å²) < 4.78 is 0. The normalized spacial score (nSPS) is 14.0. The molecular weight excluding hydrogens is 539 g/mol. The van der Waals surface area contributed by atoms with Gasteiger partial charge in [-0.15, -0.1) is 0 Å². The summed E-state index contributed by atoms with van der Waals surface area (Å²) in [6.45, 7) is 1.41. The Morgan fingerprint density at radius 1 is 0.775 bits per heavy atom. The molecule has 1 fully saturated rings. The largest absolute Gasteiger partial charge is 0.367 e. The van der Waals surface area contributed by atoms with Crippen molar-refractivity contribution in [1.29, 1.82) is 0 Å². The third kappa shape index (κ3) is 5.67. The molecule has 200 valence electrons. The minimum atomic E-state index is -0.0146. The summed E-state index contributed by atoms with van der Waals surface area (Å²) in [5, 5.41) is 6.03. The molecule has 0 radical (unpaired) electrons. The summed E-state index contributed by atoms with van der Waals surface area (Å²) in [7, 11) is 0. The fraction of sp³-hybridized carbons (Fsp3) is 0.182. The molecule has 4 aromatic carbocycles. The number of fused-ring (bicyclic) bond motifs is 1. The lowest BCUT2D eigenvalue weighted by Crippen LogP contribution is -2.42. The average Bonchev–Trinajstić information content (AvgIpc) is 3.00. The van der Waals surface area contributed by atoms with Crippen LogP contribution in [0.15, 0.2) is 103 Å². The number of hydrogen-bond donors (Lipinski definition) is 1. The maximum atomic E-state index is 12.9. The predicted molar refractivity (Wildman–Crippen MR) is 162 cm³/mol. The monoisotopic (exact) mass is 566 g/mol. The highest BCUT2D eigenvalue weighted by Gasteiger charge is 2.25. The van der Waals surface area contributed by atoms with Crippen LogP contribution in [0.5, 0.6) is 0 Å². The summed E-state index contributed by atoms with van der Waals surface area (Å²) in [5.41, 5.74) is 5.00. The summed E-state index contributed by atoms with van der Waals surface area (Å²) >= 11 is 12.4. The molecule has 0 unspecified atom stereocenters. The first-order valence-electron chi connectivity index (χ1n) is 13.4. The zero-order chi connectivity index (χ0) is 27.5. The molecule has 2 heterocycles. The molecule has 1 N–H and O–H groups in total. The van der Waals surface area contributed by atoms with E-state index in [0.717, 1.165) is 51.8 Å². The highest BCUT2D eigenvalue weighted by molar-refractivity contribution is 6.30. The van der Waals surface area contributed by atoms with Gasteiger partial charge in [-0.3, -0.25) is 4.79 Å². The average molecular weight is 568 g/mol. The Labute approximate surface area is 243 Å². The number of carbonyl (C=O) groups excluding carboxylic acids is 1. The van der Waals surface area contributed by atoms with E-state index in [4.69, 9.17) is 23.2 Å². The molecule has 0 saturated carbocycles. The Bertz CT molecular complexity index is 1570. The quantitative estimate of drug-likeness (QED) is 0.213. The second-order valence-corrected chi connectivity index (χ2v) is 11.0. The lowest BCUT2D eigenvalue weighted by Gasteiger charge is -2.33. The molecule has 1 aromatic heterocycles. The van der Waals surface area contributed by atoms with Crippen LogP contribution in [0, 0.1) is 0 Å². The fourth-order valence-corrected chi connectivity index (χ4v) is 5.69. The van der Waals surface area contributed by atoms with Crippen molar-refractivity contribution >= 4 is 45.8 Å². The smallest absolute Gasteiger partial charge is 0.253 e. The van der Waals surface area contributed by atoms with Crippen LogP contribution in [0.3, 0.4) is 0 Å². The lowest BCUT2D eigenvalue weighted by atomic mass is 9.84. The summed E-state index contributed by atoms with van der Waals surface area (Å²) in [4.78, 5) is 24.0. The van der Waals surface area contributed by atoms with Crippen molar-refractivity contribution in [2.75, 3.05) is 18.4 Å². The van der Waals surface area contributed by atoms with Gasteiger partial charge in [0.1, 0.15) is 12.1 Å². The van der Waals surface area contributed by atoms with E-state index < -0.39 is 0 Å². The van der Waals surface area contributed by atoms with Gasteiger partial charge in [0.05, 0.1) is 5.52 Å². The van der Waals surface area contributed by atoms with Crippen LogP contribution in [0.2, 0.25) is 10.0 Å². The Kier molecular flexibility index (Phi) is 7.67. The highest BCUT2D eigenvalue weighted by Crippen LogP contribution is 2.35. The lowest BCUT2D eigenvalue weighted by molar-refractivity contribution is 0.0718. The molecular formula is C33H28Cl2N4O. The molecule has 5 aromatic rings. The number of benzene rings is 4. The van der Waals surface area contributed by atoms with E-state index in [1.165, 1.54) is 0 Å². The number of nitrogens with one attached hydrogen (secondary N) is 1. The van der Waals surface area contributed by atoms with Crippen molar-refractivity contribution in [3.8, 4) is 0 Å². The van der Waals surface area contributed by atoms with Crippen LogP contribution < -0.4 is 5.32 Å². The second-order valence-electron chi connectivity index (χ2n) is 10.1. The molecule has 1 amide bonds. The van der Waals surface area contributed by atoms with E-state index >= 15 is 0 Å². The Balaban J connectivity index is 1.27. The maximum absolute atomic E-state index is 12.9. The van der Waals surface area contributed by atoms with Crippen LogP contribution in [0.4, 0.5) is 5.82 Å². The first-order chi connectivity index (χ1) is 19.5. The van der Waals surface area contributed by atoms with Gasteiger partial charge in [-0.25, -0.2) is 9.97 Å². The molecule has 5 nitrogen and oxygen atoms in total. The zero-order valence-electron chi connectivity index (χ0n) is 21.8. The third-order valence-corrected chi connectivity index (χ3v) is 8.05. The van der Waals surface area contributed by atoms with Gasteiger partial charge in [0.25, 0.3) is 5.91 Å². The Morgan fingerprint density at radius 3 is 2.00 bits per heavy atom. The van der Waals surface area contributed by atoms with Gasteiger partial charge in [0.2, 0.25) is 0 Å². The number of rotatable bonds is 6. The van der Waals surface area contributed by atoms with Gasteiger partial charge < -0.3 is 10.2 Å². The topological polar surface area (TPSA) is 58.1 Å². The Hall–Kier alpha value is -3.93. The van der Waals surface area contributed by atoms with Gasteiger partial charge in [-0.05, 0) is 78.1 Å². The molecule has 0 aliphatic carbocycles. The molecule has 0 spiro atoms. The molecule has 1 saturated heterocycles. The molecule has 6 rings (SSSR count). The van der Waals surface area contributed by atoms with Crippen LogP contribution in [0.25, 0.3) is 10.9 Å². The first kappa shape index (κ1) is 26.3. The Morgan fingerprint density at radius 2 is 1.38 bits per heavy atom. The van der Waals surface area contributed by atoms with E-state index in [-0.39, 0.29) is 17.9 Å². The number of aromatic nitrogens is 2. The van der Waals surface area contributed by atoms with Gasteiger partial charge in [0.15, 0.2) is 0 Å². The third-order valence-electron chi connectivity index (χ3n) is 7.54. The number of piperidine rings is 1. The number of nitrogens with zero attached hydrogens (tertiary/aromatic N) is 3. The summed E-state index contributed by atoms with van der Waals surface area (Å²) in [6.07, 6.45) is 3.30. The van der Waals surface area contributed by atoms with Gasteiger partial charge in [0, 0.05) is 46.0 Å². The molecule has 1 aliphatic rings. The van der Waals surface area contributed by atoms with Crippen LogP contribution in [0.1, 0.15) is 45.8 Å². The van der Waals surface area contributed by atoms with E-state index in [9.17, 15) is 4.79 Å². The second kappa shape index (κ2) is 11.7. The van der Waals surface area contributed by atoms with Crippen molar-refractivity contribution in [3.63, 3.8) is 0 Å². The van der Waals surface area contributed by atoms with Crippen molar-refractivity contribution < 1.29 is 4.79 Å². The van der Waals surface area contributed by atoms with E-state index in [1.54, 1.807) is 6.33 Å². The van der Waals surface area contributed by atoms with Crippen LogP contribution in [-0.2, 0) is 0 Å². The molecule has 1 aliphatic heterocycles. The number of anilines is 1. The molecule has 0 bridgehead atoms. The van der Waals surface area contributed by atoms with Gasteiger partial charge in [-0.2, -0.15) is 0 Å². The molecule has 0 atom stereocenters. The number of likely N-dealkylation sites (tertiary alicyclic amines) is 1. The predicted octanol–water partition coefficient (Wildman–Crippen LogP) is 7.83. The number of halogens is 2. The first-order valence-corrected chi connectivity index (χ1v) is 14.2. The van der Waals surface area contributed by atoms with Crippen molar-refractivity contribution in [2.24, 2.45) is 0 Å². The molecule has 40 heavy (non-hydrogen) atoms. The summed E-state index contributed by atoms with van der Waals surface area (Å²) in [5.74, 6) is 0.886. The van der Waals surface area contributed by atoms with E-state index in [2.05, 4.69) is 57.7 Å². The van der Waals surface area contributed by atoms with Gasteiger partial charge in [-0.1, -0.05) is 71.7 Å². The van der Waals surface area contributed by atoms with Crippen molar-refractivity contribution in [3.05, 3.63) is 136 Å². The number of amides is 1. The minimum absolute atomic E-state index is 0.0146. The standard InChI is InChI=1S/C33H28Cl2N4O/c34-26-11-6-22(7-12-26)31(23-8-13-27(35)14-9-23)25-10-15-30-29(20-25)32(37-21-36-30)38-28-16-18-39(19-17-28)33(40)24-4-2-1-3-5-24/h1-15,20-21,28,31H,16-19H2,(H,36,37,38). The SMILES string of the molecule is O=C(c1ccccc1)N1CCC(Nc2ncnc3ccc(C(c4ccc(Cl)cc4)c4ccc(Cl)cc4)cc23)CC1.